The summed E-state index contributed by atoms with van der Waals surface area (Å²) in [6, 6.07) is 0. The molecule has 2 bridgehead atoms. The Balaban J connectivity index is 2.49. The van der Waals surface area contributed by atoms with E-state index in [0.29, 0.717) is 15.1 Å². The summed E-state index contributed by atoms with van der Waals surface area (Å²) in [6.45, 7) is 0. The van der Waals surface area contributed by atoms with Crippen LogP contribution in [-0.4, -0.2) is 44.5 Å². The molecular formula is C14H20O4Sn. The Morgan fingerprint density at radius 3 is 1.58 bits per heavy atom. The van der Waals surface area contributed by atoms with Gasteiger partial charge in [0.05, 0.1) is 0 Å². The number of hydrogen-bond acceptors (Lipinski definition) is 4. The Kier molecular flexibility index (Phi) is 3.82. The van der Waals surface area contributed by atoms with E-state index in [1.165, 1.54) is 14.2 Å². The molecule has 0 aromatic heterocycles. The van der Waals surface area contributed by atoms with Crippen molar-refractivity contribution in [2.75, 3.05) is 14.2 Å². The number of fused-ring (bicyclic) bond motifs is 2. The van der Waals surface area contributed by atoms with Crippen LogP contribution in [0.15, 0.2) is 23.3 Å². The molecule has 2 aliphatic carbocycles. The summed E-state index contributed by atoms with van der Waals surface area (Å²) in [5.41, 5.74) is 1.05. The van der Waals surface area contributed by atoms with Crippen LogP contribution in [0, 0.1) is 11.8 Å². The molecule has 0 aromatic carbocycles. The third kappa shape index (κ3) is 2.24. The zero-order valence-corrected chi connectivity index (χ0v) is 14.9. The molecule has 4 nitrogen and oxygen atoms in total. The van der Waals surface area contributed by atoms with Crippen LogP contribution in [0.4, 0.5) is 0 Å². The van der Waals surface area contributed by atoms with Gasteiger partial charge < -0.3 is 0 Å². The number of esters is 2. The third-order valence-electron chi connectivity index (χ3n) is 4.07. The minimum absolute atomic E-state index is 0.0438. The van der Waals surface area contributed by atoms with Crippen molar-refractivity contribution in [3.63, 3.8) is 0 Å². The Morgan fingerprint density at radius 2 is 1.32 bits per heavy atom. The minimum atomic E-state index is -2.28. The van der Waals surface area contributed by atoms with Gasteiger partial charge in [0.15, 0.2) is 0 Å². The van der Waals surface area contributed by atoms with Crippen LogP contribution in [0.2, 0.25) is 18.8 Å². The van der Waals surface area contributed by atoms with Crippen molar-refractivity contribution >= 4 is 30.3 Å². The second kappa shape index (κ2) is 4.96. The summed E-state index contributed by atoms with van der Waals surface area (Å²) < 4.78 is 10.1. The summed E-state index contributed by atoms with van der Waals surface area (Å²) in [5.74, 6) is -0.694. The van der Waals surface area contributed by atoms with Gasteiger partial charge in [-0.3, -0.25) is 0 Å². The summed E-state index contributed by atoms with van der Waals surface area (Å²) in [5, 5.41) is 0. The fraction of sp³-hybridized carbons (Fsp3) is 0.571. The molecule has 19 heavy (non-hydrogen) atoms. The van der Waals surface area contributed by atoms with Crippen molar-refractivity contribution in [3.8, 4) is 0 Å². The van der Waals surface area contributed by atoms with E-state index >= 15 is 0 Å². The molecule has 0 aromatic rings. The number of rotatable bonds is 3. The molecule has 0 spiro atoms. The number of hydrogen-bond donors (Lipinski definition) is 0. The van der Waals surface area contributed by atoms with Gasteiger partial charge in [-0.05, 0) is 0 Å². The molecule has 0 aliphatic heterocycles. The van der Waals surface area contributed by atoms with Crippen molar-refractivity contribution in [2.24, 2.45) is 11.8 Å². The third-order valence-corrected chi connectivity index (χ3v) is 11.8. The first kappa shape index (κ1) is 14.6. The van der Waals surface area contributed by atoms with Crippen LogP contribution >= 0.6 is 0 Å². The van der Waals surface area contributed by atoms with Gasteiger partial charge >= 0.3 is 117 Å². The van der Waals surface area contributed by atoms with Gasteiger partial charge in [-0.15, -0.1) is 0 Å². The molecule has 2 unspecified atom stereocenters. The van der Waals surface area contributed by atoms with Crippen LogP contribution in [0.1, 0.15) is 0 Å². The second-order valence-electron chi connectivity index (χ2n) is 6.14. The Morgan fingerprint density at radius 1 is 0.947 bits per heavy atom. The summed E-state index contributed by atoms with van der Waals surface area (Å²) in [4.78, 5) is 31.0. The van der Waals surface area contributed by atoms with E-state index in [2.05, 4.69) is 27.0 Å². The summed E-state index contributed by atoms with van der Waals surface area (Å²) >= 11 is -2.28. The van der Waals surface area contributed by atoms with E-state index in [0.717, 1.165) is 0 Å². The van der Waals surface area contributed by atoms with Gasteiger partial charge in [0.2, 0.25) is 0 Å². The predicted octanol–water partition coefficient (Wildman–Crippen LogP) is 2.15. The van der Waals surface area contributed by atoms with Crippen molar-refractivity contribution in [1.82, 2.24) is 0 Å². The topological polar surface area (TPSA) is 52.6 Å². The summed E-state index contributed by atoms with van der Waals surface area (Å²) in [6.07, 6.45) is 4.13. The van der Waals surface area contributed by atoms with E-state index in [1.807, 2.05) is 0 Å². The normalized spacial score (nSPS) is 28.8. The maximum absolute atomic E-state index is 12.0. The van der Waals surface area contributed by atoms with E-state index in [-0.39, 0.29) is 11.8 Å². The zero-order valence-electron chi connectivity index (χ0n) is 12.0. The monoisotopic (exact) mass is 372 g/mol. The SMILES string of the molecule is COC(=O)C1=C(C(=O)OC)C2C=CC1[CH]2[Sn]([CH3])([CH3])[CH3]. The molecule has 104 valence electrons. The molecule has 0 amide bonds. The van der Waals surface area contributed by atoms with Gasteiger partial charge in [-0.1, -0.05) is 0 Å². The first-order chi connectivity index (χ1) is 8.82. The first-order valence-electron chi connectivity index (χ1n) is 6.42. The van der Waals surface area contributed by atoms with Gasteiger partial charge in [0.25, 0.3) is 0 Å². The van der Waals surface area contributed by atoms with Gasteiger partial charge in [0, 0.05) is 0 Å². The van der Waals surface area contributed by atoms with Crippen LogP contribution < -0.4 is 0 Å². The first-order valence-corrected chi connectivity index (χ1v) is 16.6. The standard InChI is InChI=1S/C11H11O4.3CH3.Sn/c1-14-10(12)8-6-3-4-7(5-6)9(8)11(13)15-2;;;;/h3-7H,1-2H3;3*1H3;. The van der Waals surface area contributed by atoms with E-state index in [1.54, 1.807) is 0 Å². The molecular weight excluding hydrogens is 351 g/mol. The fourth-order valence-electron chi connectivity index (χ4n) is 3.40. The molecule has 0 N–H and O–H groups in total. The molecule has 0 radical (unpaired) electrons. The van der Waals surface area contributed by atoms with E-state index < -0.39 is 30.3 Å². The number of ether oxygens (including phenoxy) is 2. The van der Waals surface area contributed by atoms with Crippen molar-refractivity contribution in [2.45, 2.75) is 18.8 Å². The number of methoxy groups -OCH3 is 2. The molecule has 0 heterocycles. The van der Waals surface area contributed by atoms with Gasteiger partial charge in [-0.2, -0.15) is 0 Å². The molecule has 0 saturated heterocycles. The van der Waals surface area contributed by atoms with E-state index in [9.17, 15) is 9.59 Å². The number of allylic oxidation sites excluding steroid dienone is 2. The Bertz CT molecular complexity index is 448. The van der Waals surface area contributed by atoms with Gasteiger partial charge in [-0.25, -0.2) is 0 Å². The number of carbonyl (C=O) groups excluding carboxylic acids is 2. The Hall–Kier alpha value is -0.781. The van der Waals surface area contributed by atoms with Crippen LogP contribution in [0.25, 0.3) is 0 Å². The predicted molar refractivity (Wildman–Crippen MR) is 74.3 cm³/mol. The molecule has 5 heteroatoms. The fourth-order valence-corrected chi connectivity index (χ4v) is 11.1. The zero-order chi connectivity index (χ0) is 14.4. The average Bonchev–Trinajstić information content (AvgIpc) is 2.91. The quantitative estimate of drug-likeness (QED) is 0.434. The van der Waals surface area contributed by atoms with Crippen molar-refractivity contribution < 1.29 is 19.1 Å². The van der Waals surface area contributed by atoms with Crippen LogP contribution in [-0.2, 0) is 19.1 Å². The van der Waals surface area contributed by atoms with Crippen molar-refractivity contribution in [1.29, 1.82) is 0 Å². The molecule has 2 atom stereocenters. The van der Waals surface area contributed by atoms with E-state index in [4.69, 9.17) is 9.47 Å². The maximum atomic E-state index is 12.0. The second-order valence-corrected chi connectivity index (χ2v) is 21.5. The molecule has 0 fully saturated rings. The van der Waals surface area contributed by atoms with Crippen LogP contribution in [0.5, 0.6) is 0 Å². The van der Waals surface area contributed by atoms with Crippen LogP contribution in [0.3, 0.4) is 0 Å². The van der Waals surface area contributed by atoms with Gasteiger partial charge in [0.1, 0.15) is 0 Å². The number of carbonyl (C=O) groups is 2. The average molecular weight is 371 g/mol. The van der Waals surface area contributed by atoms with Crippen molar-refractivity contribution in [3.05, 3.63) is 23.3 Å². The molecule has 0 saturated carbocycles. The molecule has 2 aliphatic rings. The Labute approximate surface area is 117 Å². The molecule has 2 rings (SSSR count). The summed E-state index contributed by atoms with van der Waals surface area (Å²) in [7, 11) is 2.71.